The summed E-state index contributed by atoms with van der Waals surface area (Å²) in [6, 6.07) is 15.5. The molecule has 0 radical (unpaired) electrons. The Kier molecular flexibility index (Phi) is 5.42. The molecule has 1 heterocycles. The van der Waals surface area contributed by atoms with Gasteiger partial charge in [-0.2, -0.15) is 0 Å². The van der Waals surface area contributed by atoms with E-state index in [2.05, 4.69) is 6.58 Å². The summed E-state index contributed by atoms with van der Waals surface area (Å²) in [5.41, 5.74) is 3.50. The Balaban J connectivity index is 1.96. The number of benzene rings is 2. The molecule has 0 spiro atoms. The van der Waals surface area contributed by atoms with Crippen molar-refractivity contribution in [3.63, 3.8) is 0 Å². The van der Waals surface area contributed by atoms with Crippen LogP contribution in [0.1, 0.15) is 30.2 Å². The van der Waals surface area contributed by atoms with Crippen LogP contribution in [-0.4, -0.2) is 19.7 Å². The van der Waals surface area contributed by atoms with Crippen LogP contribution in [0.25, 0.3) is 16.5 Å². The molecule has 0 fully saturated rings. The molecule has 0 atom stereocenters. The van der Waals surface area contributed by atoms with Crippen LogP contribution >= 0.6 is 0 Å². The molecule has 0 N–H and O–H groups in total. The van der Waals surface area contributed by atoms with Crippen molar-refractivity contribution in [1.29, 1.82) is 0 Å². The summed E-state index contributed by atoms with van der Waals surface area (Å²) in [7, 11) is 1.64. The third-order valence-electron chi connectivity index (χ3n) is 4.30. The third-order valence-corrected chi connectivity index (χ3v) is 4.30. The zero-order chi connectivity index (χ0) is 18.5. The predicted molar refractivity (Wildman–Crippen MR) is 102 cm³/mol. The molecule has 26 heavy (non-hydrogen) atoms. The molecule has 0 aliphatic heterocycles. The number of esters is 1. The number of carbonyl (C=O) groups is 1. The van der Waals surface area contributed by atoms with Crippen LogP contribution in [0, 0.1) is 0 Å². The van der Waals surface area contributed by atoms with Crippen molar-refractivity contribution >= 4 is 22.5 Å². The Morgan fingerprint density at radius 1 is 1.12 bits per heavy atom. The van der Waals surface area contributed by atoms with Crippen molar-refractivity contribution in [3.8, 4) is 5.75 Å². The lowest BCUT2D eigenvalue weighted by molar-refractivity contribution is -0.143. The zero-order valence-electron chi connectivity index (χ0n) is 15.1. The molecule has 3 aromatic rings. The summed E-state index contributed by atoms with van der Waals surface area (Å²) < 4.78 is 16.3. The predicted octanol–water partition coefficient (Wildman–Crippen LogP) is 5.00. The molecule has 0 bridgehead atoms. The number of hydrogen-bond acceptors (Lipinski definition) is 4. The second-order valence-electron chi connectivity index (χ2n) is 5.92. The number of rotatable bonds is 7. The summed E-state index contributed by atoms with van der Waals surface area (Å²) in [6.45, 7) is 6.41. The first-order chi connectivity index (χ1) is 12.6. The van der Waals surface area contributed by atoms with Gasteiger partial charge in [0.2, 0.25) is 0 Å². The molecular weight excluding hydrogens is 328 g/mol. The van der Waals surface area contributed by atoms with Crippen molar-refractivity contribution in [2.45, 2.75) is 19.8 Å². The molecule has 4 heteroatoms. The summed E-state index contributed by atoms with van der Waals surface area (Å²) >= 11 is 0. The number of methoxy groups -OCH3 is 1. The minimum atomic E-state index is -0.209. The van der Waals surface area contributed by atoms with Gasteiger partial charge in [-0.05, 0) is 37.1 Å². The van der Waals surface area contributed by atoms with E-state index in [-0.39, 0.29) is 5.97 Å². The number of hydrogen-bond donors (Lipinski definition) is 0. The monoisotopic (exact) mass is 350 g/mol. The van der Waals surface area contributed by atoms with Crippen molar-refractivity contribution < 1.29 is 18.7 Å². The number of fused-ring (bicyclic) bond motifs is 1. The van der Waals surface area contributed by atoms with Gasteiger partial charge < -0.3 is 13.9 Å². The van der Waals surface area contributed by atoms with E-state index in [0.29, 0.717) is 25.2 Å². The van der Waals surface area contributed by atoms with Crippen LogP contribution in [0.3, 0.4) is 0 Å². The molecule has 0 aliphatic rings. The van der Waals surface area contributed by atoms with E-state index in [1.54, 1.807) is 7.11 Å². The van der Waals surface area contributed by atoms with Crippen molar-refractivity contribution in [1.82, 2.24) is 0 Å². The summed E-state index contributed by atoms with van der Waals surface area (Å²) in [5, 5.41) is 1.00. The van der Waals surface area contributed by atoms with Crippen LogP contribution in [0.5, 0.6) is 5.75 Å². The maximum Gasteiger partial charge on any atom is 0.306 e. The topological polar surface area (TPSA) is 48.7 Å². The number of carbonyl (C=O) groups excluding carboxylic acids is 1. The molecule has 3 rings (SSSR count). The Labute approximate surface area is 153 Å². The molecular formula is C22H22O4. The Hall–Kier alpha value is -3.01. The summed E-state index contributed by atoms with van der Waals surface area (Å²) in [4.78, 5) is 11.8. The van der Waals surface area contributed by atoms with Crippen molar-refractivity contribution in [2.24, 2.45) is 0 Å². The molecule has 0 amide bonds. The summed E-state index contributed by atoms with van der Waals surface area (Å²) in [5.74, 6) is 1.29. The van der Waals surface area contributed by atoms with Crippen LogP contribution in [0.4, 0.5) is 0 Å². The average molecular weight is 350 g/mol. The first-order valence-corrected chi connectivity index (χ1v) is 8.63. The van der Waals surface area contributed by atoms with Gasteiger partial charge in [-0.25, -0.2) is 0 Å². The van der Waals surface area contributed by atoms with Gasteiger partial charge in [-0.15, -0.1) is 0 Å². The molecule has 0 aliphatic carbocycles. The molecule has 134 valence electrons. The lowest BCUT2D eigenvalue weighted by Gasteiger charge is -2.08. The van der Waals surface area contributed by atoms with Crippen LogP contribution in [0.15, 0.2) is 59.5 Å². The van der Waals surface area contributed by atoms with E-state index >= 15 is 0 Å². The van der Waals surface area contributed by atoms with E-state index in [9.17, 15) is 4.79 Å². The van der Waals surface area contributed by atoms with Crippen molar-refractivity contribution in [3.05, 3.63) is 72.0 Å². The number of furan rings is 1. The minimum absolute atomic E-state index is 0.209. The van der Waals surface area contributed by atoms with Gasteiger partial charge in [0.15, 0.2) is 0 Å². The van der Waals surface area contributed by atoms with Crippen LogP contribution < -0.4 is 4.74 Å². The van der Waals surface area contributed by atoms with Gasteiger partial charge in [0.1, 0.15) is 17.1 Å². The van der Waals surface area contributed by atoms with Gasteiger partial charge in [-0.1, -0.05) is 36.9 Å². The molecule has 2 aromatic carbocycles. The Bertz CT molecular complexity index is 919. The van der Waals surface area contributed by atoms with Crippen LogP contribution in [-0.2, 0) is 16.0 Å². The maximum absolute atomic E-state index is 11.8. The lowest BCUT2D eigenvalue weighted by Crippen LogP contribution is -2.05. The quantitative estimate of drug-likeness (QED) is 0.563. The second kappa shape index (κ2) is 7.91. The fourth-order valence-electron chi connectivity index (χ4n) is 2.97. The van der Waals surface area contributed by atoms with Gasteiger partial charge in [-0.3, -0.25) is 4.79 Å². The number of aryl methyl sites for hydroxylation is 1. The maximum atomic E-state index is 11.8. The molecule has 0 saturated carbocycles. The number of ether oxygens (including phenoxy) is 2. The number of para-hydroxylation sites is 1. The minimum Gasteiger partial charge on any atom is -0.497 e. The van der Waals surface area contributed by atoms with E-state index in [4.69, 9.17) is 13.9 Å². The fourth-order valence-corrected chi connectivity index (χ4v) is 2.97. The second-order valence-corrected chi connectivity index (χ2v) is 5.92. The highest BCUT2D eigenvalue weighted by Gasteiger charge is 2.18. The fraction of sp³-hybridized carbons (Fsp3) is 0.227. The van der Waals surface area contributed by atoms with Crippen molar-refractivity contribution in [2.75, 3.05) is 13.7 Å². The van der Waals surface area contributed by atoms with Gasteiger partial charge in [0.25, 0.3) is 0 Å². The van der Waals surface area contributed by atoms with E-state index < -0.39 is 0 Å². The molecule has 0 unspecified atom stereocenters. The third kappa shape index (κ3) is 3.64. The van der Waals surface area contributed by atoms with Crippen LogP contribution in [0.2, 0.25) is 0 Å². The molecule has 4 nitrogen and oxygen atoms in total. The standard InChI is InChI=1S/C22H22O4/c1-4-25-21(23)14-13-19-18-7-5-6-8-20(18)26-22(19)15(2)16-9-11-17(24-3)12-10-16/h5-12H,2,4,13-14H2,1,3H3. The first-order valence-electron chi connectivity index (χ1n) is 8.63. The van der Waals surface area contributed by atoms with Gasteiger partial charge in [0, 0.05) is 22.9 Å². The normalized spacial score (nSPS) is 10.7. The highest BCUT2D eigenvalue weighted by molar-refractivity contribution is 5.90. The molecule has 0 saturated heterocycles. The lowest BCUT2D eigenvalue weighted by atomic mass is 9.98. The van der Waals surface area contributed by atoms with Gasteiger partial charge in [0.05, 0.1) is 13.7 Å². The van der Waals surface area contributed by atoms with E-state index in [0.717, 1.165) is 33.4 Å². The highest BCUT2D eigenvalue weighted by Crippen LogP contribution is 2.34. The largest absolute Gasteiger partial charge is 0.497 e. The van der Waals surface area contributed by atoms with E-state index in [1.165, 1.54) is 0 Å². The molecule has 1 aromatic heterocycles. The average Bonchev–Trinajstić information content (AvgIpc) is 3.04. The SMILES string of the molecule is C=C(c1ccc(OC)cc1)c1oc2ccccc2c1CCC(=O)OCC. The first kappa shape index (κ1) is 17.8. The Morgan fingerprint density at radius 3 is 2.54 bits per heavy atom. The van der Waals surface area contributed by atoms with Gasteiger partial charge >= 0.3 is 5.97 Å². The van der Waals surface area contributed by atoms with E-state index in [1.807, 2.05) is 55.5 Å². The highest BCUT2D eigenvalue weighted by atomic mass is 16.5. The smallest absolute Gasteiger partial charge is 0.306 e. The summed E-state index contributed by atoms with van der Waals surface area (Å²) in [6.07, 6.45) is 0.848. The zero-order valence-corrected chi connectivity index (χ0v) is 15.1. The Morgan fingerprint density at radius 2 is 1.85 bits per heavy atom.